The lowest BCUT2D eigenvalue weighted by Gasteiger charge is -2.42. The molecule has 2 aliphatic heterocycles. The van der Waals surface area contributed by atoms with E-state index in [0.29, 0.717) is 17.9 Å². The SMILES string of the molecule is OC(c1ccc(F)cc1)(c1ccc(F)cc1)C1CCN(CCCC2OCOC2c2ccccc2)CC1. The molecular formula is C30H33F2NO3. The number of nitrogens with zero attached hydrogens (tertiary/aromatic N) is 1. The summed E-state index contributed by atoms with van der Waals surface area (Å²) in [5, 5.41) is 12.0. The van der Waals surface area contributed by atoms with Gasteiger partial charge in [-0.1, -0.05) is 54.6 Å². The van der Waals surface area contributed by atoms with Crippen LogP contribution in [0.3, 0.4) is 0 Å². The minimum atomic E-state index is -1.30. The fourth-order valence-corrected chi connectivity index (χ4v) is 5.72. The van der Waals surface area contributed by atoms with Crippen LogP contribution in [0.2, 0.25) is 0 Å². The van der Waals surface area contributed by atoms with E-state index in [0.717, 1.165) is 50.9 Å². The summed E-state index contributed by atoms with van der Waals surface area (Å²) in [5.74, 6) is -0.749. The van der Waals surface area contributed by atoms with Gasteiger partial charge in [0.2, 0.25) is 0 Å². The lowest BCUT2D eigenvalue weighted by Crippen LogP contribution is -2.44. The standard InChI is InChI=1S/C30H33F2NO3/c31-26-12-8-23(9-13-26)30(34,24-10-14-27(32)15-11-24)25-16-19-33(20-17-25)18-4-7-28-29(36-21-35-28)22-5-2-1-3-6-22/h1-3,5-6,8-15,25,28-29,34H,4,7,16-21H2. The molecule has 6 heteroatoms. The summed E-state index contributed by atoms with van der Waals surface area (Å²) >= 11 is 0. The van der Waals surface area contributed by atoms with E-state index in [-0.39, 0.29) is 29.8 Å². The van der Waals surface area contributed by atoms with Crippen molar-refractivity contribution in [1.29, 1.82) is 0 Å². The minimum Gasteiger partial charge on any atom is -0.380 e. The van der Waals surface area contributed by atoms with E-state index < -0.39 is 5.60 Å². The van der Waals surface area contributed by atoms with Crippen molar-refractivity contribution in [1.82, 2.24) is 4.90 Å². The average Bonchev–Trinajstić information content (AvgIpc) is 3.38. The molecule has 0 aromatic heterocycles. The number of benzene rings is 3. The van der Waals surface area contributed by atoms with Crippen molar-refractivity contribution >= 4 is 0 Å². The Morgan fingerprint density at radius 1 is 0.806 bits per heavy atom. The average molecular weight is 494 g/mol. The Morgan fingerprint density at radius 2 is 1.39 bits per heavy atom. The second-order valence-electron chi connectivity index (χ2n) is 9.86. The number of likely N-dealkylation sites (tertiary alicyclic amines) is 1. The molecule has 3 aromatic rings. The topological polar surface area (TPSA) is 41.9 Å². The maximum atomic E-state index is 13.6. The van der Waals surface area contributed by atoms with E-state index in [4.69, 9.17) is 9.47 Å². The van der Waals surface area contributed by atoms with Gasteiger partial charge in [-0.3, -0.25) is 0 Å². The molecule has 2 saturated heterocycles. The molecule has 0 aliphatic carbocycles. The predicted molar refractivity (Wildman–Crippen MR) is 134 cm³/mol. The van der Waals surface area contributed by atoms with E-state index in [2.05, 4.69) is 17.0 Å². The van der Waals surface area contributed by atoms with Crippen LogP contribution in [0.4, 0.5) is 8.78 Å². The molecule has 2 aliphatic rings. The molecule has 3 aromatic carbocycles. The first-order valence-electron chi connectivity index (χ1n) is 12.8. The third kappa shape index (κ3) is 5.37. The van der Waals surface area contributed by atoms with Gasteiger partial charge < -0.3 is 19.5 Å². The van der Waals surface area contributed by atoms with Crippen LogP contribution in [0.1, 0.15) is 48.5 Å². The third-order valence-electron chi connectivity index (χ3n) is 7.71. The fourth-order valence-electron chi connectivity index (χ4n) is 5.72. The highest BCUT2D eigenvalue weighted by atomic mass is 19.1. The number of piperidine rings is 1. The number of hydrogen-bond acceptors (Lipinski definition) is 4. The van der Waals surface area contributed by atoms with E-state index in [1.165, 1.54) is 24.3 Å². The number of ether oxygens (including phenoxy) is 2. The van der Waals surface area contributed by atoms with Gasteiger partial charge in [0.25, 0.3) is 0 Å². The largest absolute Gasteiger partial charge is 0.380 e. The second-order valence-corrected chi connectivity index (χ2v) is 9.86. The number of rotatable bonds is 8. The molecule has 36 heavy (non-hydrogen) atoms. The van der Waals surface area contributed by atoms with Crippen molar-refractivity contribution in [2.45, 2.75) is 43.5 Å². The molecular weight excluding hydrogens is 460 g/mol. The molecule has 5 rings (SSSR count). The summed E-state index contributed by atoms with van der Waals surface area (Å²) < 4.78 is 38.9. The zero-order valence-electron chi connectivity index (χ0n) is 20.4. The highest BCUT2D eigenvalue weighted by Crippen LogP contribution is 2.42. The summed E-state index contributed by atoms with van der Waals surface area (Å²) in [7, 11) is 0. The molecule has 2 atom stereocenters. The number of hydrogen-bond donors (Lipinski definition) is 1. The maximum Gasteiger partial charge on any atom is 0.148 e. The Bertz CT molecular complexity index is 1050. The fraction of sp³-hybridized carbons (Fsp3) is 0.400. The molecule has 0 radical (unpaired) electrons. The van der Waals surface area contributed by atoms with Crippen LogP contribution in [-0.2, 0) is 15.1 Å². The van der Waals surface area contributed by atoms with Crippen LogP contribution < -0.4 is 0 Å². The van der Waals surface area contributed by atoms with Crippen LogP contribution in [0.5, 0.6) is 0 Å². The van der Waals surface area contributed by atoms with Gasteiger partial charge in [-0.05, 0) is 92.2 Å². The molecule has 0 spiro atoms. The summed E-state index contributed by atoms with van der Waals surface area (Å²) in [4.78, 5) is 2.43. The third-order valence-corrected chi connectivity index (χ3v) is 7.71. The molecule has 4 nitrogen and oxygen atoms in total. The van der Waals surface area contributed by atoms with Crippen molar-refractivity contribution in [3.8, 4) is 0 Å². The first-order chi connectivity index (χ1) is 17.5. The van der Waals surface area contributed by atoms with Gasteiger partial charge >= 0.3 is 0 Å². The molecule has 190 valence electrons. The van der Waals surface area contributed by atoms with Gasteiger partial charge in [-0.25, -0.2) is 8.78 Å². The molecule has 2 unspecified atom stereocenters. The van der Waals surface area contributed by atoms with Crippen LogP contribution in [0, 0.1) is 17.6 Å². The van der Waals surface area contributed by atoms with Gasteiger partial charge in [0, 0.05) is 0 Å². The van der Waals surface area contributed by atoms with Crippen molar-refractivity contribution < 1.29 is 23.4 Å². The van der Waals surface area contributed by atoms with Gasteiger partial charge in [0.05, 0.1) is 6.10 Å². The Balaban J connectivity index is 1.20. The Kier molecular flexibility index (Phi) is 7.77. The molecule has 0 bridgehead atoms. The predicted octanol–water partition coefficient (Wildman–Crippen LogP) is 5.81. The first-order valence-corrected chi connectivity index (χ1v) is 12.8. The molecule has 1 N–H and O–H groups in total. The van der Waals surface area contributed by atoms with Gasteiger partial charge in [-0.15, -0.1) is 0 Å². The maximum absolute atomic E-state index is 13.6. The Morgan fingerprint density at radius 3 is 1.97 bits per heavy atom. The zero-order chi connectivity index (χ0) is 25.0. The van der Waals surface area contributed by atoms with Crippen LogP contribution in [0.15, 0.2) is 78.9 Å². The quantitative estimate of drug-likeness (QED) is 0.430. The second kappa shape index (κ2) is 11.2. The lowest BCUT2D eigenvalue weighted by molar-refractivity contribution is -0.0149. The molecule has 0 saturated carbocycles. The summed E-state index contributed by atoms with van der Waals surface area (Å²) in [5.41, 5.74) is 1.13. The van der Waals surface area contributed by atoms with Gasteiger partial charge in [-0.2, -0.15) is 0 Å². The smallest absolute Gasteiger partial charge is 0.148 e. The normalized spacial score (nSPS) is 21.6. The molecule has 0 amide bonds. The van der Waals surface area contributed by atoms with Crippen LogP contribution >= 0.6 is 0 Å². The van der Waals surface area contributed by atoms with Gasteiger partial charge in [0.1, 0.15) is 30.1 Å². The van der Waals surface area contributed by atoms with E-state index in [9.17, 15) is 13.9 Å². The van der Waals surface area contributed by atoms with Crippen LogP contribution in [0.25, 0.3) is 0 Å². The van der Waals surface area contributed by atoms with Crippen molar-refractivity contribution in [2.75, 3.05) is 26.4 Å². The van der Waals surface area contributed by atoms with Crippen molar-refractivity contribution in [2.24, 2.45) is 5.92 Å². The van der Waals surface area contributed by atoms with E-state index in [1.807, 2.05) is 18.2 Å². The van der Waals surface area contributed by atoms with Gasteiger partial charge in [0.15, 0.2) is 0 Å². The van der Waals surface area contributed by atoms with Crippen molar-refractivity contribution in [3.05, 3.63) is 107 Å². The first kappa shape index (κ1) is 25.0. The monoisotopic (exact) mass is 493 g/mol. The summed E-state index contributed by atoms with van der Waals surface area (Å²) in [6, 6.07) is 22.3. The number of halogens is 2. The minimum absolute atomic E-state index is 0.0154. The summed E-state index contributed by atoms with van der Waals surface area (Å²) in [6.07, 6.45) is 3.56. The molecule has 2 heterocycles. The highest BCUT2D eigenvalue weighted by Gasteiger charge is 2.41. The Labute approximate surface area is 211 Å². The van der Waals surface area contributed by atoms with E-state index in [1.54, 1.807) is 24.3 Å². The summed E-state index contributed by atoms with van der Waals surface area (Å²) in [6.45, 7) is 3.01. The number of aliphatic hydroxyl groups is 1. The lowest BCUT2D eigenvalue weighted by atomic mass is 9.72. The van der Waals surface area contributed by atoms with E-state index >= 15 is 0 Å². The molecule has 2 fully saturated rings. The van der Waals surface area contributed by atoms with Crippen molar-refractivity contribution in [3.63, 3.8) is 0 Å². The Hall–Kier alpha value is -2.64. The van der Waals surface area contributed by atoms with Crippen LogP contribution in [-0.4, -0.2) is 42.5 Å². The highest BCUT2D eigenvalue weighted by molar-refractivity contribution is 5.37. The zero-order valence-corrected chi connectivity index (χ0v) is 20.4.